The van der Waals surface area contributed by atoms with Gasteiger partial charge in [0.05, 0.1) is 0 Å². The van der Waals surface area contributed by atoms with E-state index in [0.717, 1.165) is 36.8 Å². The summed E-state index contributed by atoms with van der Waals surface area (Å²) in [5.74, 6) is 1.09. The average molecular weight is 300 g/mol. The van der Waals surface area contributed by atoms with Crippen LogP contribution >= 0.6 is 0 Å². The Morgan fingerprint density at radius 2 is 1.95 bits per heavy atom. The van der Waals surface area contributed by atoms with Gasteiger partial charge in [-0.05, 0) is 70.3 Å². The number of carbonyl (C=O) groups excluding carboxylic acids is 2. The molecule has 0 N–H and O–H groups in total. The van der Waals surface area contributed by atoms with Crippen LogP contribution < -0.4 is 0 Å². The molecular formula is C20H28O2. The van der Waals surface area contributed by atoms with Crippen molar-refractivity contribution in [3.05, 3.63) is 34.4 Å². The van der Waals surface area contributed by atoms with Crippen molar-refractivity contribution in [1.82, 2.24) is 0 Å². The van der Waals surface area contributed by atoms with E-state index < -0.39 is 0 Å². The molecule has 2 aliphatic rings. The zero-order chi connectivity index (χ0) is 16.4. The zero-order valence-corrected chi connectivity index (χ0v) is 14.5. The summed E-state index contributed by atoms with van der Waals surface area (Å²) in [4.78, 5) is 25.0. The summed E-state index contributed by atoms with van der Waals surface area (Å²) in [6.45, 7) is 10.3. The van der Waals surface area contributed by atoms with Crippen LogP contribution in [0.15, 0.2) is 34.4 Å². The highest BCUT2D eigenvalue weighted by Gasteiger charge is 2.39. The SMILES string of the molecule is CC(C)=CCCC(C)[C@@H]1CC[C@@H](C)C2=C1C(=O)C(C)=CC2=O. The van der Waals surface area contributed by atoms with E-state index in [1.807, 2.05) is 0 Å². The van der Waals surface area contributed by atoms with Gasteiger partial charge < -0.3 is 0 Å². The maximum Gasteiger partial charge on any atom is 0.185 e. The lowest BCUT2D eigenvalue weighted by molar-refractivity contribution is -0.117. The van der Waals surface area contributed by atoms with Crippen LogP contribution in [0.1, 0.15) is 60.3 Å². The Bertz CT molecular complexity index is 571. The molecule has 0 bridgehead atoms. The van der Waals surface area contributed by atoms with Crippen molar-refractivity contribution in [2.24, 2.45) is 17.8 Å². The number of rotatable bonds is 4. The molecule has 2 rings (SSSR count). The van der Waals surface area contributed by atoms with Gasteiger partial charge in [-0.2, -0.15) is 0 Å². The second kappa shape index (κ2) is 6.76. The third-order valence-electron chi connectivity index (χ3n) is 5.14. The minimum Gasteiger partial charge on any atom is -0.290 e. The second-order valence-electron chi connectivity index (χ2n) is 7.27. The van der Waals surface area contributed by atoms with Crippen LogP contribution in [0.5, 0.6) is 0 Å². The molecule has 0 aromatic carbocycles. The van der Waals surface area contributed by atoms with E-state index in [9.17, 15) is 9.59 Å². The first-order valence-electron chi connectivity index (χ1n) is 8.47. The molecule has 0 radical (unpaired) electrons. The molecule has 2 nitrogen and oxygen atoms in total. The highest BCUT2D eigenvalue weighted by molar-refractivity contribution is 6.23. The van der Waals surface area contributed by atoms with Crippen molar-refractivity contribution in [2.75, 3.05) is 0 Å². The van der Waals surface area contributed by atoms with Crippen molar-refractivity contribution in [3.63, 3.8) is 0 Å². The van der Waals surface area contributed by atoms with Crippen LogP contribution in [0.4, 0.5) is 0 Å². The molecule has 0 spiro atoms. The standard InChI is InChI=1S/C20H28O2/c1-12(2)7-6-8-13(3)16-10-9-14(4)18-17(21)11-15(5)20(22)19(16)18/h7,11,13-14,16H,6,8-10H2,1-5H3/t13?,14-,16+/m1/s1. The third-order valence-corrected chi connectivity index (χ3v) is 5.14. The van der Waals surface area contributed by atoms with Crippen LogP contribution in [0.3, 0.4) is 0 Å². The molecule has 0 heterocycles. The minimum atomic E-state index is 0.0702. The maximum absolute atomic E-state index is 12.7. The summed E-state index contributed by atoms with van der Waals surface area (Å²) in [5.41, 5.74) is 3.60. The molecule has 0 aromatic heterocycles. The van der Waals surface area contributed by atoms with Crippen molar-refractivity contribution >= 4 is 11.6 Å². The Kier molecular flexibility index (Phi) is 5.20. The van der Waals surface area contributed by atoms with Crippen molar-refractivity contribution in [3.8, 4) is 0 Å². The quantitative estimate of drug-likeness (QED) is 0.551. The Balaban J connectivity index is 2.27. The average Bonchev–Trinajstić information content (AvgIpc) is 2.43. The zero-order valence-electron chi connectivity index (χ0n) is 14.5. The van der Waals surface area contributed by atoms with Gasteiger partial charge >= 0.3 is 0 Å². The number of carbonyl (C=O) groups is 2. The van der Waals surface area contributed by atoms with E-state index in [1.54, 1.807) is 6.92 Å². The van der Waals surface area contributed by atoms with Crippen LogP contribution in [-0.4, -0.2) is 11.6 Å². The molecule has 0 fully saturated rings. The monoisotopic (exact) mass is 300 g/mol. The fraction of sp³-hybridized carbons (Fsp3) is 0.600. The van der Waals surface area contributed by atoms with E-state index >= 15 is 0 Å². The van der Waals surface area contributed by atoms with Gasteiger partial charge in [0.15, 0.2) is 11.6 Å². The smallest absolute Gasteiger partial charge is 0.185 e. The molecule has 1 unspecified atom stereocenters. The molecule has 2 aliphatic carbocycles. The predicted molar refractivity (Wildman–Crippen MR) is 90.5 cm³/mol. The topological polar surface area (TPSA) is 34.1 Å². The normalized spacial score (nSPS) is 26.5. The minimum absolute atomic E-state index is 0.0702. The lowest BCUT2D eigenvalue weighted by Crippen LogP contribution is -2.33. The van der Waals surface area contributed by atoms with Gasteiger partial charge in [0.2, 0.25) is 0 Å². The molecule has 0 aliphatic heterocycles. The fourth-order valence-electron chi connectivity index (χ4n) is 3.81. The van der Waals surface area contributed by atoms with Gasteiger partial charge in [-0.1, -0.05) is 25.5 Å². The Morgan fingerprint density at radius 3 is 2.59 bits per heavy atom. The highest BCUT2D eigenvalue weighted by atomic mass is 16.1. The van der Waals surface area contributed by atoms with Gasteiger partial charge in [0.1, 0.15) is 0 Å². The van der Waals surface area contributed by atoms with Crippen molar-refractivity contribution < 1.29 is 9.59 Å². The van der Waals surface area contributed by atoms with Gasteiger partial charge in [0, 0.05) is 16.7 Å². The van der Waals surface area contributed by atoms with E-state index in [4.69, 9.17) is 0 Å². The van der Waals surface area contributed by atoms with Gasteiger partial charge in [-0.15, -0.1) is 0 Å². The molecule has 0 aromatic rings. The maximum atomic E-state index is 12.7. The van der Waals surface area contributed by atoms with E-state index in [1.165, 1.54) is 11.6 Å². The lowest BCUT2D eigenvalue weighted by atomic mass is 9.67. The molecule has 2 heteroatoms. The first-order valence-corrected chi connectivity index (χ1v) is 8.47. The highest BCUT2D eigenvalue weighted by Crippen LogP contribution is 2.43. The van der Waals surface area contributed by atoms with Crippen molar-refractivity contribution in [2.45, 2.75) is 60.3 Å². The summed E-state index contributed by atoms with van der Waals surface area (Å²) in [6.07, 6.45) is 7.97. The second-order valence-corrected chi connectivity index (χ2v) is 7.27. The molecule has 0 amide bonds. The number of ketones is 2. The Morgan fingerprint density at radius 1 is 1.27 bits per heavy atom. The molecular weight excluding hydrogens is 272 g/mol. The lowest BCUT2D eigenvalue weighted by Gasteiger charge is -2.36. The first kappa shape index (κ1) is 16.9. The van der Waals surface area contributed by atoms with Crippen LogP contribution in [-0.2, 0) is 9.59 Å². The Hall–Kier alpha value is -1.44. The number of hydrogen-bond donors (Lipinski definition) is 0. The van der Waals surface area contributed by atoms with Gasteiger partial charge in [0.25, 0.3) is 0 Å². The van der Waals surface area contributed by atoms with Crippen LogP contribution in [0.25, 0.3) is 0 Å². The molecule has 22 heavy (non-hydrogen) atoms. The summed E-state index contributed by atoms with van der Waals surface area (Å²) >= 11 is 0. The van der Waals surface area contributed by atoms with Crippen molar-refractivity contribution in [1.29, 1.82) is 0 Å². The summed E-state index contributed by atoms with van der Waals surface area (Å²) < 4.78 is 0. The van der Waals surface area contributed by atoms with E-state index in [2.05, 4.69) is 33.8 Å². The predicted octanol–water partition coefficient (Wildman–Crippen LogP) is 4.81. The van der Waals surface area contributed by atoms with Gasteiger partial charge in [-0.3, -0.25) is 9.59 Å². The molecule has 0 saturated heterocycles. The molecule has 120 valence electrons. The van der Waals surface area contributed by atoms with Gasteiger partial charge in [-0.25, -0.2) is 0 Å². The number of allylic oxidation sites excluding steroid dienone is 6. The summed E-state index contributed by atoms with van der Waals surface area (Å²) in [5, 5.41) is 0. The summed E-state index contributed by atoms with van der Waals surface area (Å²) in [6, 6.07) is 0. The van der Waals surface area contributed by atoms with E-state index in [0.29, 0.717) is 11.5 Å². The van der Waals surface area contributed by atoms with E-state index in [-0.39, 0.29) is 23.4 Å². The molecule has 0 saturated carbocycles. The number of hydrogen-bond acceptors (Lipinski definition) is 2. The Labute approximate surface area is 134 Å². The largest absolute Gasteiger partial charge is 0.290 e. The van der Waals surface area contributed by atoms with Crippen LogP contribution in [0.2, 0.25) is 0 Å². The first-order chi connectivity index (χ1) is 10.3. The third kappa shape index (κ3) is 3.31. The summed E-state index contributed by atoms with van der Waals surface area (Å²) in [7, 11) is 0. The van der Waals surface area contributed by atoms with Crippen LogP contribution in [0, 0.1) is 17.8 Å². The molecule has 3 atom stereocenters. The number of Topliss-reactive ketones (excluding diaryl/α,β-unsaturated/α-hetero) is 1. The fourth-order valence-corrected chi connectivity index (χ4v) is 3.81.